The third kappa shape index (κ3) is 3.10. The fourth-order valence-corrected chi connectivity index (χ4v) is 1.86. The molecule has 16 heavy (non-hydrogen) atoms. The number of rotatable bonds is 4. The molecule has 2 heterocycles. The molecule has 1 saturated heterocycles. The van der Waals surface area contributed by atoms with Crippen LogP contribution in [0.1, 0.15) is 31.5 Å². The summed E-state index contributed by atoms with van der Waals surface area (Å²) in [6.45, 7) is 0.779. The van der Waals surface area contributed by atoms with Gasteiger partial charge in [0.15, 0.2) is 5.82 Å². The number of ketones is 1. The number of aryl methyl sites for hydroxylation is 1. The second kappa shape index (κ2) is 5.16. The maximum Gasteiger partial charge on any atom is 0.182 e. The zero-order chi connectivity index (χ0) is 11.4. The number of carbonyl (C=O) groups is 1. The highest BCUT2D eigenvalue weighted by Gasteiger charge is 2.18. The Balaban J connectivity index is 1.79. The van der Waals surface area contributed by atoms with E-state index in [0.717, 1.165) is 25.9 Å². The van der Waals surface area contributed by atoms with Gasteiger partial charge in [-0.15, -0.1) is 10.2 Å². The van der Waals surface area contributed by atoms with Gasteiger partial charge in [-0.25, -0.2) is 0 Å². The average Bonchev–Trinajstić information content (AvgIpc) is 2.65. The van der Waals surface area contributed by atoms with E-state index in [9.17, 15) is 4.79 Å². The molecular formula is C10H16N4O2. The lowest BCUT2D eigenvalue weighted by Crippen LogP contribution is -2.23. The zero-order valence-corrected chi connectivity index (χ0v) is 9.43. The highest BCUT2D eigenvalue weighted by molar-refractivity contribution is 5.80. The summed E-state index contributed by atoms with van der Waals surface area (Å²) < 4.78 is 5.51. The molecule has 1 aliphatic rings. The Morgan fingerprint density at radius 2 is 2.44 bits per heavy atom. The molecule has 1 aromatic rings. The second-order valence-electron chi connectivity index (χ2n) is 4.10. The molecule has 1 atom stereocenters. The molecule has 0 bridgehead atoms. The Labute approximate surface area is 94.0 Å². The van der Waals surface area contributed by atoms with Gasteiger partial charge in [0, 0.05) is 13.0 Å². The van der Waals surface area contributed by atoms with Gasteiger partial charge in [0.1, 0.15) is 5.78 Å². The second-order valence-corrected chi connectivity index (χ2v) is 4.10. The summed E-state index contributed by atoms with van der Waals surface area (Å²) in [5, 5.41) is 11.5. The van der Waals surface area contributed by atoms with Crippen LogP contribution in [0.3, 0.4) is 0 Å². The smallest absolute Gasteiger partial charge is 0.182 e. The monoisotopic (exact) mass is 224 g/mol. The number of tetrazole rings is 1. The zero-order valence-electron chi connectivity index (χ0n) is 9.43. The first kappa shape index (κ1) is 11.2. The van der Waals surface area contributed by atoms with Crippen LogP contribution in [0, 0.1) is 0 Å². The summed E-state index contributed by atoms with van der Waals surface area (Å²) >= 11 is 0. The maximum atomic E-state index is 11.7. The van der Waals surface area contributed by atoms with Crippen LogP contribution in [-0.2, 0) is 23.0 Å². The normalized spacial score (nSPS) is 20.9. The van der Waals surface area contributed by atoms with Crippen molar-refractivity contribution in [3.63, 3.8) is 0 Å². The standard InChI is InChI=1S/C10H16N4O2/c1-14-12-10(11-13-14)7-8(15)6-9-4-2-3-5-16-9/h9H,2-7H2,1H3. The molecular weight excluding hydrogens is 208 g/mol. The highest BCUT2D eigenvalue weighted by Crippen LogP contribution is 2.16. The molecule has 1 aromatic heterocycles. The van der Waals surface area contributed by atoms with Crippen LogP contribution in [-0.4, -0.2) is 38.7 Å². The molecule has 0 aromatic carbocycles. The summed E-state index contributed by atoms with van der Waals surface area (Å²) in [7, 11) is 1.69. The van der Waals surface area contributed by atoms with Gasteiger partial charge >= 0.3 is 0 Å². The van der Waals surface area contributed by atoms with E-state index in [-0.39, 0.29) is 18.3 Å². The van der Waals surface area contributed by atoms with Crippen LogP contribution in [0.15, 0.2) is 0 Å². The lowest BCUT2D eigenvalue weighted by atomic mass is 10.0. The summed E-state index contributed by atoms with van der Waals surface area (Å²) in [5.74, 6) is 0.614. The van der Waals surface area contributed by atoms with Gasteiger partial charge in [0.25, 0.3) is 0 Å². The summed E-state index contributed by atoms with van der Waals surface area (Å²) in [6.07, 6.45) is 4.07. The van der Waals surface area contributed by atoms with Crippen molar-refractivity contribution < 1.29 is 9.53 Å². The molecule has 6 heteroatoms. The van der Waals surface area contributed by atoms with Gasteiger partial charge in [0.2, 0.25) is 0 Å². The van der Waals surface area contributed by atoms with Crippen molar-refractivity contribution in [2.24, 2.45) is 7.05 Å². The number of aromatic nitrogens is 4. The topological polar surface area (TPSA) is 69.9 Å². The number of carbonyl (C=O) groups excluding carboxylic acids is 1. The Kier molecular flexibility index (Phi) is 3.61. The molecule has 1 aliphatic heterocycles. The van der Waals surface area contributed by atoms with E-state index in [1.54, 1.807) is 7.05 Å². The van der Waals surface area contributed by atoms with Crippen molar-refractivity contribution in [1.29, 1.82) is 0 Å². The molecule has 88 valence electrons. The fraction of sp³-hybridized carbons (Fsp3) is 0.800. The minimum atomic E-state index is 0.0953. The Hall–Kier alpha value is -1.30. The van der Waals surface area contributed by atoms with Crippen LogP contribution < -0.4 is 0 Å². The van der Waals surface area contributed by atoms with Crippen molar-refractivity contribution in [3.8, 4) is 0 Å². The molecule has 0 spiro atoms. The average molecular weight is 224 g/mol. The first-order valence-electron chi connectivity index (χ1n) is 5.60. The fourth-order valence-electron chi connectivity index (χ4n) is 1.86. The molecule has 6 nitrogen and oxygen atoms in total. The van der Waals surface area contributed by atoms with E-state index < -0.39 is 0 Å². The molecule has 1 fully saturated rings. The van der Waals surface area contributed by atoms with Crippen molar-refractivity contribution in [2.45, 2.75) is 38.2 Å². The van der Waals surface area contributed by atoms with Crippen LogP contribution in [0.2, 0.25) is 0 Å². The number of nitrogens with zero attached hydrogens (tertiary/aromatic N) is 4. The van der Waals surface area contributed by atoms with Crippen molar-refractivity contribution in [3.05, 3.63) is 5.82 Å². The number of ether oxygens (including phenoxy) is 1. The van der Waals surface area contributed by atoms with Crippen LogP contribution in [0.5, 0.6) is 0 Å². The van der Waals surface area contributed by atoms with Crippen LogP contribution >= 0.6 is 0 Å². The third-order valence-corrected chi connectivity index (χ3v) is 2.63. The quantitative estimate of drug-likeness (QED) is 0.734. The Morgan fingerprint density at radius 3 is 3.06 bits per heavy atom. The van der Waals surface area contributed by atoms with E-state index in [0.29, 0.717) is 12.2 Å². The van der Waals surface area contributed by atoms with E-state index in [1.807, 2.05) is 0 Å². The third-order valence-electron chi connectivity index (χ3n) is 2.63. The Morgan fingerprint density at radius 1 is 1.56 bits per heavy atom. The van der Waals surface area contributed by atoms with Gasteiger partial charge in [-0.3, -0.25) is 4.79 Å². The molecule has 0 radical (unpaired) electrons. The number of hydrogen-bond donors (Lipinski definition) is 0. The molecule has 2 rings (SSSR count). The molecule has 0 saturated carbocycles. The van der Waals surface area contributed by atoms with E-state index in [1.165, 1.54) is 4.80 Å². The van der Waals surface area contributed by atoms with Crippen molar-refractivity contribution in [1.82, 2.24) is 20.2 Å². The van der Waals surface area contributed by atoms with Crippen LogP contribution in [0.25, 0.3) is 0 Å². The lowest BCUT2D eigenvalue weighted by Gasteiger charge is -2.21. The first-order valence-corrected chi connectivity index (χ1v) is 5.60. The van der Waals surface area contributed by atoms with Gasteiger partial charge in [-0.1, -0.05) is 0 Å². The van der Waals surface area contributed by atoms with Gasteiger partial charge < -0.3 is 4.74 Å². The van der Waals surface area contributed by atoms with E-state index >= 15 is 0 Å². The summed E-state index contributed by atoms with van der Waals surface area (Å²) in [4.78, 5) is 13.1. The minimum Gasteiger partial charge on any atom is -0.378 e. The number of Topliss-reactive ketones (excluding diaryl/α,β-unsaturated/α-hetero) is 1. The number of hydrogen-bond acceptors (Lipinski definition) is 5. The SMILES string of the molecule is Cn1nnc(CC(=O)CC2CCCCO2)n1. The molecule has 0 amide bonds. The first-order chi connectivity index (χ1) is 7.74. The predicted molar refractivity (Wildman–Crippen MR) is 55.7 cm³/mol. The molecule has 0 aliphatic carbocycles. The largest absolute Gasteiger partial charge is 0.378 e. The minimum absolute atomic E-state index is 0.0953. The van der Waals surface area contributed by atoms with Gasteiger partial charge in [-0.05, 0) is 24.5 Å². The summed E-state index contributed by atoms with van der Waals surface area (Å²) in [6, 6.07) is 0. The highest BCUT2D eigenvalue weighted by atomic mass is 16.5. The molecule has 0 N–H and O–H groups in total. The Bertz CT molecular complexity index is 357. The van der Waals surface area contributed by atoms with E-state index in [4.69, 9.17) is 4.74 Å². The maximum absolute atomic E-state index is 11.7. The summed E-state index contributed by atoms with van der Waals surface area (Å²) in [5.41, 5.74) is 0. The van der Waals surface area contributed by atoms with Crippen molar-refractivity contribution in [2.75, 3.05) is 6.61 Å². The van der Waals surface area contributed by atoms with Crippen molar-refractivity contribution >= 4 is 5.78 Å². The van der Waals surface area contributed by atoms with Gasteiger partial charge in [-0.2, -0.15) is 4.80 Å². The molecule has 1 unspecified atom stereocenters. The van der Waals surface area contributed by atoms with E-state index in [2.05, 4.69) is 15.4 Å². The van der Waals surface area contributed by atoms with Gasteiger partial charge in [0.05, 0.1) is 19.6 Å². The van der Waals surface area contributed by atoms with Crippen LogP contribution in [0.4, 0.5) is 0 Å². The predicted octanol–water partition coefficient (Wildman–Crippen LogP) is 0.281. The lowest BCUT2D eigenvalue weighted by molar-refractivity contribution is -0.122.